The molecule has 0 saturated heterocycles. The van der Waals surface area contributed by atoms with Crippen LogP contribution in [0.15, 0.2) is 90.0 Å². The molecule has 0 aliphatic carbocycles. The second-order valence-corrected chi connectivity index (χ2v) is 6.48. The monoisotopic (exact) mass is 328 g/mol. The van der Waals surface area contributed by atoms with Crippen LogP contribution in [-0.4, -0.2) is 9.19 Å². The van der Waals surface area contributed by atoms with Crippen molar-refractivity contribution in [3.63, 3.8) is 0 Å². The fraction of sp³-hybridized carbons (Fsp3) is 0. The molecule has 24 heavy (non-hydrogen) atoms. The molecule has 1 heterocycles. The van der Waals surface area contributed by atoms with Gasteiger partial charge in [-0.25, -0.2) is 4.09 Å². The third kappa shape index (κ3) is 3.26. The van der Waals surface area contributed by atoms with Gasteiger partial charge in [-0.15, -0.1) is 0 Å². The summed E-state index contributed by atoms with van der Waals surface area (Å²) in [5.41, 5.74) is 3.52. The van der Waals surface area contributed by atoms with Crippen LogP contribution in [-0.2, 0) is 0 Å². The molecule has 0 bridgehead atoms. The summed E-state index contributed by atoms with van der Waals surface area (Å²) in [4.78, 5) is 1.17. The average molecular weight is 328 g/mol. The Morgan fingerprint density at radius 1 is 0.750 bits per heavy atom. The van der Waals surface area contributed by atoms with Crippen molar-refractivity contribution in [2.45, 2.75) is 4.90 Å². The minimum atomic E-state index is 1.13. The lowest BCUT2D eigenvalue weighted by Crippen LogP contribution is -1.88. The molecule has 0 spiro atoms. The Morgan fingerprint density at radius 3 is 2.42 bits per heavy atom. The van der Waals surface area contributed by atoms with Gasteiger partial charge in [-0.2, -0.15) is 5.10 Å². The van der Waals surface area contributed by atoms with Crippen molar-refractivity contribution in [1.82, 2.24) is 9.19 Å². The number of fused-ring (bicyclic) bond motifs is 1. The van der Waals surface area contributed by atoms with Crippen molar-refractivity contribution in [3.8, 4) is 0 Å². The summed E-state index contributed by atoms with van der Waals surface area (Å²) in [5, 5.41) is 5.63. The van der Waals surface area contributed by atoms with Gasteiger partial charge in [0.1, 0.15) is 0 Å². The highest BCUT2D eigenvalue weighted by molar-refractivity contribution is 7.98. The van der Waals surface area contributed by atoms with Crippen molar-refractivity contribution in [1.29, 1.82) is 0 Å². The molecule has 4 rings (SSSR count). The Kier molecular flexibility index (Phi) is 4.17. The maximum Gasteiger partial charge on any atom is 0.0815 e. The van der Waals surface area contributed by atoms with Gasteiger partial charge in [0.15, 0.2) is 0 Å². The Balaban J connectivity index is 1.58. The zero-order chi connectivity index (χ0) is 16.2. The number of rotatable bonds is 4. The average Bonchev–Trinajstić information content (AvgIpc) is 3.04. The van der Waals surface area contributed by atoms with Crippen molar-refractivity contribution in [2.75, 3.05) is 0 Å². The van der Waals surface area contributed by atoms with Crippen LogP contribution in [0, 0.1) is 0 Å². The number of nitrogens with zero attached hydrogens (tertiary/aromatic N) is 2. The molecule has 3 heteroatoms. The van der Waals surface area contributed by atoms with E-state index in [1.807, 2.05) is 28.5 Å². The molecule has 0 fully saturated rings. The largest absolute Gasteiger partial charge is 0.201 e. The standard InChI is InChI=1S/C21H16N2S/c1-2-7-17(8-3-1)13-14-18-9-6-11-20(15-18)24-23-21-12-5-4-10-19(21)16-22-23/h1-16H/b14-13+. The van der Waals surface area contributed by atoms with E-state index in [0.717, 1.165) is 10.9 Å². The van der Waals surface area contributed by atoms with Crippen LogP contribution >= 0.6 is 11.9 Å². The zero-order valence-corrected chi connectivity index (χ0v) is 13.9. The van der Waals surface area contributed by atoms with E-state index >= 15 is 0 Å². The molecular weight excluding hydrogens is 312 g/mol. The molecule has 0 atom stereocenters. The molecule has 0 aliphatic rings. The van der Waals surface area contributed by atoms with E-state index < -0.39 is 0 Å². The van der Waals surface area contributed by atoms with Crippen molar-refractivity contribution >= 4 is 35.0 Å². The van der Waals surface area contributed by atoms with E-state index in [2.05, 4.69) is 77.9 Å². The van der Waals surface area contributed by atoms with Crippen LogP contribution in [0.2, 0.25) is 0 Å². The van der Waals surface area contributed by atoms with Gasteiger partial charge in [0, 0.05) is 22.2 Å². The van der Waals surface area contributed by atoms with Crippen LogP contribution in [0.25, 0.3) is 23.1 Å². The lowest BCUT2D eigenvalue weighted by molar-refractivity contribution is 1.04. The summed E-state index contributed by atoms with van der Waals surface area (Å²) in [6.45, 7) is 0. The second-order valence-electron chi connectivity index (χ2n) is 5.48. The van der Waals surface area contributed by atoms with Crippen LogP contribution in [0.4, 0.5) is 0 Å². The smallest absolute Gasteiger partial charge is 0.0815 e. The maximum absolute atomic E-state index is 4.48. The van der Waals surface area contributed by atoms with E-state index in [9.17, 15) is 0 Å². The number of hydrogen-bond acceptors (Lipinski definition) is 2. The van der Waals surface area contributed by atoms with E-state index in [1.165, 1.54) is 16.0 Å². The van der Waals surface area contributed by atoms with Crippen molar-refractivity contribution in [2.24, 2.45) is 0 Å². The number of para-hydroxylation sites is 1. The summed E-state index contributed by atoms with van der Waals surface area (Å²) >= 11 is 1.63. The summed E-state index contributed by atoms with van der Waals surface area (Å²) in [7, 11) is 0. The minimum absolute atomic E-state index is 1.13. The maximum atomic E-state index is 4.48. The molecule has 0 amide bonds. The third-order valence-corrected chi connectivity index (χ3v) is 4.69. The SMILES string of the molecule is C(=C\c1cccc(Sn2ncc3ccccc32)c1)/c1ccccc1. The number of aromatic nitrogens is 2. The van der Waals surface area contributed by atoms with Crippen LogP contribution < -0.4 is 0 Å². The first-order valence-electron chi connectivity index (χ1n) is 7.83. The highest BCUT2D eigenvalue weighted by Crippen LogP contribution is 2.25. The molecule has 3 aromatic carbocycles. The highest BCUT2D eigenvalue weighted by Gasteiger charge is 2.03. The van der Waals surface area contributed by atoms with Gasteiger partial charge in [-0.3, -0.25) is 0 Å². The Hall–Kier alpha value is -2.78. The van der Waals surface area contributed by atoms with Gasteiger partial charge in [0.05, 0.1) is 11.7 Å². The first kappa shape index (κ1) is 14.8. The normalized spacial score (nSPS) is 11.3. The lowest BCUT2D eigenvalue weighted by Gasteiger charge is -2.04. The predicted molar refractivity (Wildman–Crippen MR) is 103 cm³/mol. The molecule has 4 aromatic rings. The molecule has 0 aliphatic heterocycles. The molecule has 0 saturated carbocycles. The summed E-state index contributed by atoms with van der Waals surface area (Å²) in [6.07, 6.45) is 6.18. The number of hydrogen-bond donors (Lipinski definition) is 0. The summed E-state index contributed by atoms with van der Waals surface area (Å²) in [5.74, 6) is 0. The van der Waals surface area contributed by atoms with Gasteiger partial charge in [-0.1, -0.05) is 72.8 Å². The van der Waals surface area contributed by atoms with Crippen LogP contribution in [0.3, 0.4) is 0 Å². The Morgan fingerprint density at radius 2 is 1.50 bits per heavy atom. The number of benzene rings is 3. The second kappa shape index (κ2) is 6.77. The van der Waals surface area contributed by atoms with Gasteiger partial charge in [0.25, 0.3) is 0 Å². The first-order chi connectivity index (χ1) is 11.9. The molecule has 0 N–H and O–H groups in total. The Bertz CT molecular complexity index is 987. The van der Waals surface area contributed by atoms with E-state index in [4.69, 9.17) is 0 Å². The minimum Gasteiger partial charge on any atom is -0.201 e. The van der Waals surface area contributed by atoms with Crippen LogP contribution in [0.5, 0.6) is 0 Å². The van der Waals surface area contributed by atoms with Gasteiger partial charge in [-0.05, 0) is 29.3 Å². The molecule has 0 radical (unpaired) electrons. The molecular formula is C21H16N2S. The van der Waals surface area contributed by atoms with Crippen molar-refractivity contribution < 1.29 is 0 Å². The van der Waals surface area contributed by atoms with E-state index in [-0.39, 0.29) is 0 Å². The van der Waals surface area contributed by atoms with E-state index in [1.54, 1.807) is 11.9 Å². The fourth-order valence-corrected chi connectivity index (χ4v) is 3.44. The van der Waals surface area contributed by atoms with Gasteiger partial charge >= 0.3 is 0 Å². The van der Waals surface area contributed by atoms with Crippen molar-refractivity contribution in [3.05, 3.63) is 96.2 Å². The first-order valence-corrected chi connectivity index (χ1v) is 8.60. The van der Waals surface area contributed by atoms with Gasteiger partial charge in [0.2, 0.25) is 0 Å². The Labute approximate surface area is 145 Å². The molecule has 1 aromatic heterocycles. The quantitative estimate of drug-likeness (QED) is 0.443. The van der Waals surface area contributed by atoms with E-state index in [0.29, 0.717) is 0 Å². The summed E-state index contributed by atoms with van der Waals surface area (Å²) in [6, 6.07) is 27.1. The summed E-state index contributed by atoms with van der Waals surface area (Å²) < 4.78 is 1.97. The molecule has 116 valence electrons. The topological polar surface area (TPSA) is 17.8 Å². The van der Waals surface area contributed by atoms with Gasteiger partial charge < -0.3 is 0 Å². The molecule has 0 unspecified atom stereocenters. The highest BCUT2D eigenvalue weighted by atomic mass is 32.2. The van der Waals surface area contributed by atoms with Crippen LogP contribution in [0.1, 0.15) is 11.1 Å². The predicted octanol–water partition coefficient (Wildman–Crippen LogP) is 5.76. The lowest BCUT2D eigenvalue weighted by atomic mass is 10.1. The molecule has 2 nitrogen and oxygen atoms in total. The zero-order valence-electron chi connectivity index (χ0n) is 13.0. The third-order valence-electron chi connectivity index (χ3n) is 3.76. The fourth-order valence-electron chi connectivity index (χ4n) is 2.55.